The summed E-state index contributed by atoms with van der Waals surface area (Å²) >= 11 is 0. The van der Waals surface area contributed by atoms with Gasteiger partial charge in [-0.3, -0.25) is 15.3 Å². The van der Waals surface area contributed by atoms with Crippen molar-refractivity contribution in [1.82, 2.24) is 15.6 Å². The maximum absolute atomic E-state index is 11.3. The molecule has 0 saturated carbocycles. The minimum Gasteiger partial charge on any atom is -0.290 e. The molecule has 1 heterocycles. The summed E-state index contributed by atoms with van der Waals surface area (Å²) in [6.07, 6.45) is 0.851. The van der Waals surface area contributed by atoms with Gasteiger partial charge in [0, 0.05) is 16.6 Å². The monoisotopic (exact) mass is 204 g/mol. The molecule has 0 spiro atoms. The van der Waals surface area contributed by atoms with Crippen LogP contribution in [-0.4, -0.2) is 16.1 Å². The third-order valence-electron chi connectivity index (χ3n) is 2.38. The van der Waals surface area contributed by atoms with Gasteiger partial charge in [0.1, 0.15) is 0 Å². The zero-order valence-electron chi connectivity index (χ0n) is 8.37. The van der Waals surface area contributed by atoms with E-state index in [-0.39, 0.29) is 5.91 Å². The number of fused-ring (bicyclic) bond motifs is 1. The summed E-state index contributed by atoms with van der Waals surface area (Å²) < 4.78 is 0. The van der Waals surface area contributed by atoms with Crippen LogP contribution in [0.25, 0.3) is 10.9 Å². The zero-order chi connectivity index (χ0) is 10.8. The minimum atomic E-state index is -0.292. The van der Waals surface area contributed by atoms with Crippen LogP contribution in [0.3, 0.4) is 0 Å². The van der Waals surface area contributed by atoms with Crippen LogP contribution in [0.1, 0.15) is 23.0 Å². The molecule has 0 saturated heterocycles. The molecule has 0 unspecified atom stereocenters. The summed E-state index contributed by atoms with van der Waals surface area (Å²) in [5, 5.41) is 8.03. The van der Waals surface area contributed by atoms with Crippen molar-refractivity contribution in [3.8, 4) is 0 Å². The SMILES string of the molecule is CCc1[nH]nc2ccc(C(=O)NN)cc12. The van der Waals surface area contributed by atoms with Crippen molar-refractivity contribution in [1.29, 1.82) is 0 Å². The van der Waals surface area contributed by atoms with Gasteiger partial charge in [0.2, 0.25) is 0 Å². The lowest BCUT2D eigenvalue weighted by molar-refractivity contribution is 0.0954. The molecule has 0 aliphatic rings. The number of rotatable bonds is 2. The van der Waals surface area contributed by atoms with Crippen LogP contribution < -0.4 is 11.3 Å². The Morgan fingerprint density at radius 2 is 2.40 bits per heavy atom. The highest BCUT2D eigenvalue weighted by Crippen LogP contribution is 2.17. The van der Waals surface area contributed by atoms with Crippen molar-refractivity contribution in [2.24, 2.45) is 5.84 Å². The number of carbonyl (C=O) groups excluding carboxylic acids is 1. The Hall–Kier alpha value is -1.88. The molecule has 2 aromatic rings. The number of nitrogens with one attached hydrogen (secondary N) is 2. The highest BCUT2D eigenvalue weighted by atomic mass is 16.2. The number of nitrogen functional groups attached to an aromatic ring is 1. The number of hydrogen-bond donors (Lipinski definition) is 3. The average Bonchev–Trinajstić information content (AvgIpc) is 2.69. The Balaban J connectivity index is 2.57. The number of carbonyl (C=O) groups is 1. The van der Waals surface area contributed by atoms with Crippen LogP contribution in [0.4, 0.5) is 0 Å². The molecule has 4 N–H and O–H groups in total. The van der Waals surface area contributed by atoms with E-state index in [9.17, 15) is 4.79 Å². The number of nitrogens with zero attached hydrogens (tertiary/aromatic N) is 1. The van der Waals surface area contributed by atoms with E-state index in [0.29, 0.717) is 5.56 Å². The number of aromatic amines is 1. The highest BCUT2D eigenvalue weighted by Gasteiger charge is 2.08. The number of H-pyrrole nitrogens is 1. The van der Waals surface area contributed by atoms with E-state index in [1.54, 1.807) is 18.2 Å². The van der Waals surface area contributed by atoms with Gasteiger partial charge in [0.25, 0.3) is 5.91 Å². The quantitative estimate of drug-likeness (QED) is 0.383. The van der Waals surface area contributed by atoms with E-state index in [0.717, 1.165) is 23.0 Å². The zero-order valence-corrected chi connectivity index (χ0v) is 8.37. The molecule has 15 heavy (non-hydrogen) atoms. The number of hydrazine groups is 1. The van der Waals surface area contributed by atoms with Gasteiger partial charge in [-0.2, -0.15) is 5.10 Å². The summed E-state index contributed by atoms with van der Waals surface area (Å²) in [7, 11) is 0. The van der Waals surface area contributed by atoms with Gasteiger partial charge >= 0.3 is 0 Å². The number of nitrogens with two attached hydrogens (primary N) is 1. The Labute approximate surface area is 86.6 Å². The molecule has 0 aliphatic carbocycles. The van der Waals surface area contributed by atoms with E-state index in [4.69, 9.17) is 5.84 Å². The third-order valence-corrected chi connectivity index (χ3v) is 2.38. The molecular weight excluding hydrogens is 192 g/mol. The summed E-state index contributed by atoms with van der Waals surface area (Å²) in [5.41, 5.74) is 4.53. The fourth-order valence-corrected chi connectivity index (χ4v) is 1.56. The lowest BCUT2D eigenvalue weighted by Gasteiger charge is -1.99. The second-order valence-electron chi connectivity index (χ2n) is 3.26. The van der Waals surface area contributed by atoms with Crippen molar-refractivity contribution in [2.45, 2.75) is 13.3 Å². The van der Waals surface area contributed by atoms with Gasteiger partial charge in [-0.05, 0) is 24.6 Å². The van der Waals surface area contributed by atoms with Gasteiger partial charge in [-0.25, -0.2) is 5.84 Å². The molecule has 1 aromatic carbocycles. The molecule has 0 atom stereocenters. The second kappa shape index (κ2) is 3.70. The smallest absolute Gasteiger partial charge is 0.265 e. The van der Waals surface area contributed by atoms with Crippen LogP contribution in [0, 0.1) is 0 Å². The first kappa shape index (κ1) is 9.67. The first-order valence-corrected chi connectivity index (χ1v) is 4.74. The first-order valence-electron chi connectivity index (χ1n) is 4.74. The molecule has 1 amide bonds. The minimum absolute atomic E-state index is 0.292. The maximum atomic E-state index is 11.3. The van der Waals surface area contributed by atoms with Crippen molar-refractivity contribution in [3.05, 3.63) is 29.5 Å². The van der Waals surface area contributed by atoms with E-state index < -0.39 is 0 Å². The predicted octanol–water partition coefficient (Wildman–Crippen LogP) is 0.729. The van der Waals surface area contributed by atoms with E-state index in [2.05, 4.69) is 15.6 Å². The lowest BCUT2D eigenvalue weighted by atomic mass is 10.1. The van der Waals surface area contributed by atoms with E-state index >= 15 is 0 Å². The molecule has 0 radical (unpaired) electrons. The summed E-state index contributed by atoms with van der Waals surface area (Å²) in [6.45, 7) is 2.03. The maximum Gasteiger partial charge on any atom is 0.265 e. The molecule has 5 heteroatoms. The molecule has 1 aromatic heterocycles. The molecule has 5 nitrogen and oxygen atoms in total. The third kappa shape index (κ3) is 1.57. The summed E-state index contributed by atoms with van der Waals surface area (Å²) in [4.78, 5) is 11.3. The average molecular weight is 204 g/mol. The Morgan fingerprint density at radius 1 is 1.60 bits per heavy atom. The largest absolute Gasteiger partial charge is 0.290 e. The predicted molar refractivity (Wildman–Crippen MR) is 57.1 cm³/mol. The van der Waals surface area contributed by atoms with Crippen molar-refractivity contribution in [2.75, 3.05) is 0 Å². The summed E-state index contributed by atoms with van der Waals surface area (Å²) in [6, 6.07) is 5.29. The van der Waals surface area contributed by atoms with Gasteiger partial charge in [-0.15, -0.1) is 0 Å². The van der Waals surface area contributed by atoms with Gasteiger partial charge < -0.3 is 0 Å². The topological polar surface area (TPSA) is 83.8 Å². The lowest BCUT2D eigenvalue weighted by Crippen LogP contribution is -2.29. The van der Waals surface area contributed by atoms with Crippen LogP contribution in [0.15, 0.2) is 18.2 Å². The van der Waals surface area contributed by atoms with E-state index in [1.807, 2.05) is 6.92 Å². The fourth-order valence-electron chi connectivity index (χ4n) is 1.56. The molecular formula is C10H12N4O. The van der Waals surface area contributed by atoms with Gasteiger partial charge in [-0.1, -0.05) is 6.92 Å². The van der Waals surface area contributed by atoms with Gasteiger partial charge in [0.15, 0.2) is 0 Å². The molecule has 0 bridgehead atoms. The standard InChI is InChI=1S/C10H12N4O/c1-2-8-7-5-6(10(15)12-11)3-4-9(7)14-13-8/h3-5H,2,11H2,1H3,(H,12,15)(H,13,14). The number of hydrogen-bond acceptors (Lipinski definition) is 3. The number of amides is 1. The fraction of sp³-hybridized carbons (Fsp3) is 0.200. The van der Waals surface area contributed by atoms with Crippen molar-refractivity contribution < 1.29 is 4.79 Å². The van der Waals surface area contributed by atoms with Crippen molar-refractivity contribution >= 4 is 16.8 Å². The number of benzene rings is 1. The molecule has 0 fully saturated rings. The number of aryl methyl sites for hydroxylation is 1. The number of aromatic nitrogens is 2. The summed E-state index contributed by atoms with van der Waals surface area (Å²) in [5.74, 6) is 4.78. The Morgan fingerprint density at radius 3 is 3.07 bits per heavy atom. The van der Waals surface area contributed by atoms with Crippen LogP contribution in [0.2, 0.25) is 0 Å². The Bertz CT molecular complexity index is 503. The van der Waals surface area contributed by atoms with Crippen molar-refractivity contribution in [3.63, 3.8) is 0 Å². The second-order valence-corrected chi connectivity index (χ2v) is 3.26. The van der Waals surface area contributed by atoms with E-state index in [1.165, 1.54) is 0 Å². The molecule has 0 aliphatic heterocycles. The normalized spacial score (nSPS) is 10.5. The molecule has 78 valence electrons. The van der Waals surface area contributed by atoms with Crippen LogP contribution in [0.5, 0.6) is 0 Å². The Kier molecular flexibility index (Phi) is 2.39. The van der Waals surface area contributed by atoms with Crippen LogP contribution >= 0.6 is 0 Å². The highest BCUT2D eigenvalue weighted by molar-refractivity contribution is 5.98. The first-order chi connectivity index (χ1) is 7.26. The van der Waals surface area contributed by atoms with Gasteiger partial charge in [0.05, 0.1) is 5.52 Å². The van der Waals surface area contributed by atoms with Crippen LogP contribution in [-0.2, 0) is 6.42 Å². The molecule has 2 rings (SSSR count).